The lowest BCUT2D eigenvalue weighted by molar-refractivity contribution is 0.669. The quantitative estimate of drug-likeness (QED) is 0.151. The van der Waals surface area contributed by atoms with E-state index in [1.165, 1.54) is 60.8 Å². The Balaban J connectivity index is 1.02. The van der Waals surface area contributed by atoms with Gasteiger partial charge in [0, 0.05) is 27.6 Å². The van der Waals surface area contributed by atoms with E-state index in [1.807, 2.05) is 6.07 Å². The van der Waals surface area contributed by atoms with Crippen molar-refractivity contribution in [2.75, 3.05) is 4.90 Å². The maximum Gasteiger partial charge on any atom is 0.136 e. The minimum atomic E-state index is -0.542. The summed E-state index contributed by atoms with van der Waals surface area (Å²) in [5.41, 5.74) is 19.0. The molecule has 13 rings (SSSR count). The van der Waals surface area contributed by atoms with E-state index < -0.39 is 5.41 Å². The van der Waals surface area contributed by atoms with Crippen molar-refractivity contribution in [3.8, 4) is 44.5 Å². The number of furan rings is 1. The van der Waals surface area contributed by atoms with Crippen LogP contribution >= 0.6 is 0 Å². The van der Waals surface area contributed by atoms with Crippen molar-refractivity contribution in [1.29, 1.82) is 0 Å². The van der Waals surface area contributed by atoms with Crippen molar-refractivity contribution in [2.45, 2.75) is 5.41 Å². The molecule has 0 atom stereocenters. The lowest BCUT2D eigenvalue weighted by atomic mass is 9.68. The predicted molar refractivity (Wildman–Crippen MR) is 280 cm³/mol. The van der Waals surface area contributed by atoms with Crippen LogP contribution in [0.5, 0.6) is 0 Å². The van der Waals surface area contributed by atoms with Crippen LogP contribution < -0.4 is 4.90 Å². The molecule has 12 aromatic rings. The van der Waals surface area contributed by atoms with Gasteiger partial charge in [0.2, 0.25) is 0 Å². The monoisotopic (exact) mass is 853 g/mol. The Morgan fingerprint density at radius 1 is 0.328 bits per heavy atom. The van der Waals surface area contributed by atoms with Gasteiger partial charge in [-0.1, -0.05) is 218 Å². The highest BCUT2D eigenvalue weighted by molar-refractivity contribution is 6.14. The van der Waals surface area contributed by atoms with Gasteiger partial charge in [-0.2, -0.15) is 0 Å². The molecule has 0 spiro atoms. The Hall–Kier alpha value is -8.72. The summed E-state index contributed by atoms with van der Waals surface area (Å²) in [6, 6.07) is 95.1. The SMILES string of the molecule is c1ccc(C2(c3ccccc3)c3ccccc3-c3c(N(c4ccc(-c5ccc(-c6ccc7ccccc7c6)cc5)cc4)c4ccccc4-c4cccc5oc6ccccc6c45)cccc32)cc1. The summed E-state index contributed by atoms with van der Waals surface area (Å²) in [4.78, 5) is 2.49. The molecule has 2 nitrogen and oxygen atoms in total. The van der Waals surface area contributed by atoms with Gasteiger partial charge < -0.3 is 9.32 Å². The molecular weight excluding hydrogens is 811 g/mol. The highest BCUT2D eigenvalue weighted by Gasteiger charge is 2.47. The molecule has 0 N–H and O–H groups in total. The second kappa shape index (κ2) is 15.8. The van der Waals surface area contributed by atoms with Gasteiger partial charge in [0.25, 0.3) is 0 Å². The van der Waals surface area contributed by atoms with Crippen molar-refractivity contribution in [3.05, 3.63) is 283 Å². The van der Waals surface area contributed by atoms with Crippen LogP contribution in [0.2, 0.25) is 0 Å². The predicted octanol–water partition coefficient (Wildman–Crippen LogP) is 17.6. The van der Waals surface area contributed by atoms with Gasteiger partial charge in [-0.15, -0.1) is 0 Å². The number of para-hydroxylation sites is 2. The van der Waals surface area contributed by atoms with E-state index in [0.29, 0.717) is 0 Å². The van der Waals surface area contributed by atoms with E-state index in [2.05, 4.69) is 260 Å². The van der Waals surface area contributed by atoms with E-state index in [9.17, 15) is 0 Å². The number of nitrogens with zero attached hydrogens (tertiary/aromatic N) is 1. The zero-order valence-corrected chi connectivity index (χ0v) is 36.7. The molecule has 0 unspecified atom stereocenters. The van der Waals surface area contributed by atoms with Gasteiger partial charge in [-0.3, -0.25) is 0 Å². The van der Waals surface area contributed by atoms with Crippen LogP contribution in [0, 0.1) is 0 Å². The van der Waals surface area contributed by atoms with E-state index in [0.717, 1.165) is 55.7 Å². The third kappa shape index (κ3) is 6.18. The molecule has 0 fully saturated rings. The van der Waals surface area contributed by atoms with Crippen LogP contribution in [0.1, 0.15) is 22.3 Å². The van der Waals surface area contributed by atoms with Crippen LogP contribution in [-0.2, 0) is 5.41 Å². The molecule has 1 aliphatic carbocycles. The molecular formula is C65H43NO. The first-order valence-electron chi connectivity index (χ1n) is 23.1. The van der Waals surface area contributed by atoms with Gasteiger partial charge in [0.1, 0.15) is 11.2 Å². The van der Waals surface area contributed by atoms with Crippen molar-refractivity contribution >= 4 is 49.8 Å². The lowest BCUT2D eigenvalue weighted by Gasteiger charge is -2.34. The second-order valence-corrected chi connectivity index (χ2v) is 17.5. The fraction of sp³-hybridized carbons (Fsp3) is 0.0154. The lowest BCUT2D eigenvalue weighted by Crippen LogP contribution is -2.28. The summed E-state index contributed by atoms with van der Waals surface area (Å²) in [5, 5.41) is 4.72. The highest BCUT2D eigenvalue weighted by Crippen LogP contribution is 2.60. The Labute approximate surface area is 390 Å². The van der Waals surface area contributed by atoms with Crippen LogP contribution in [0.25, 0.3) is 77.2 Å². The summed E-state index contributed by atoms with van der Waals surface area (Å²) >= 11 is 0. The molecule has 0 amide bonds. The Morgan fingerprint density at radius 2 is 0.851 bits per heavy atom. The van der Waals surface area contributed by atoms with Crippen molar-refractivity contribution in [2.24, 2.45) is 0 Å². The number of benzene rings is 11. The summed E-state index contributed by atoms with van der Waals surface area (Å²) in [6.07, 6.45) is 0. The fourth-order valence-corrected chi connectivity index (χ4v) is 11.0. The summed E-state index contributed by atoms with van der Waals surface area (Å²) in [7, 11) is 0. The van der Waals surface area contributed by atoms with Gasteiger partial charge >= 0.3 is 0 Å². The van der Waals surface area contributed by atoms with Gasteiger partial charge in [-0.05, 0) is 109 Å². The first-order valence-corrected chi connectivity index (χ1v) is 23.1. The molecule has 1 aromatic heterocycles. The number of fused-ring (bicyclic) bond motifs is 7. The average Bonchev–Trinajstić information content (AvgIpc) is 3.94. The molecule has 67 heavy (non-hydrogen) atoms. The minimum absolute atomic E-state index is 0.542. The van der Waals surface area contributed by atoms with Crippen LogP contribution in [0.3, 0.4) is 0 Å². The van der Waals surface area contributed by atoms with Crippen LogP contribution in [-0.4, -0.2) is 0 Å². The molecule has 0 aliphatic heterocycles. The van der Waals surface area contributed by atoms with Crippen molar-refractivity contribution in [1.82, 2.24) is 0 Å². The van der Waals surface area contributed by atoms with E-state index in [1.54, 1.807) is 0 Å². The summed E-state index contributed by atoms with van der Waals surface area (Å²) in [5.74, 6) is 0. The Bertz CT molecular complexity index is 3750. The van der Waals surface area contributed by atoms with Crippen LogP contribution in [0.4, 0.5) is 17.1 Å². The summed E-state index contributed by atoms with van der Waals surface area (Å²) < 4.78 is 6.48. The average molecular weight is 854 g/mol. The topological polar surface area (TPSA) is 16.4 Å². The fourth-order valence-electron chi connectivity index (χ4n) is 11.0. The standard InChI is InChI=1S/C65H43NO/c1-3-19-50(20-4-1)65(51-21-5-2-6-22-51)57-27-12-9-24-55(57)64-58(65)28-16-30-60(64)66(59-29-13-10-23-53(59)54-26-15-32-62-63(54)56-25-11-14-31-61(56)67-62)52-41-39-46(40-42-52)45-33-35-47(36-34-45)49-38-37-44-17-7-8-18-48(44)43-49/h1-43H. The zero-order chi connectivity index (χ0) is 44.3. The molecule has 1 heterocycles. The highest BCUT2D eigenvalue weighted by atomic mass is 16.3. The number of hydrogen-bond acceptors (Lipinski definition) is 2. The van der Waals surface area contributed by atoms with E-state index in [4.69, 9.17) is 4.42 Å². The van der Waals surface area contributed by atoms with E-state index in [-0.39, 0.29) is 0 Å². The van der Waals surface area contributed by atoms with Gasteiger partial charge in [0.05, 0.1) is 16.8 Å². The molecule has 0 saturated heterocycles. The Morgan fingerprint density at radius 3 is 1.61 bits per heavy atom. The van der Waals surface area contributed by atoms with Gasteiger partial charge in [0.15, 0.2) is 0 Å². The minimum Gasteiger partial charge on any atom is -0.456 e. The normalized spacial score (nSPS) is 12.6. The molecule has 314 valence electrons. The smallest absolute Gasteiger partial charge is 0.136 e. The first-order chi connectivity index (χ1) is 33.2. The van der Waals surface area contributed by atoms with Crippen LogP contribution in [0.15, 0.2) is 265 Å². The molecule has 2 heteroatoms. The molecule has 1 aliphatic rings. The molecule has 0 bridgehead atoms. The second-order valence-electron chi connectivity index (χ2n) is 17.5. The largest absolute Gasteiger partial charge is 0.456 e. The third-order valence-corrected chi connectivity index (χ3v) is 14.0. The third-order valence-electron chi connectivity index (χ3n) is 14.0. The molecule has 0 radical (unpaired) electrons. The molecule has 0 saturated carbocycles. The van der Waals surface area contributed by atoms with Crippen molar-refractivity contribution < 1.29 is 4.42 Å². The maximum atomic E-state index is 6.48. The van der Waals surface area contributed by atoms with Crippen molar-refractivity contribution in [3.63, 3.8) is 0 Å². The first kappa shape index (κ1) is 38.7. The van der Waals surface area contributed by atoms with E-state index >= 15 is 0 Å². The molecule has 11 aromatic carbocycles. The maximum absolute atomic E-state index is 6.48. The number of anilines is 3. The number of hydrogen-bond donors (Lipinski definition) is 0. The summed E-state index contributed by atoms with van der Waals surface area (Å²) in [6.45, 7) is 0. The Kier molecular flexibility index (Phi) is 9.11. The van der Waals surface area contributed by atoms with Gasteiger partial charge in [-0.25, -0.2) is 0 Å². The zero-order valence-electron chi connectivity index (χ0n) is 36.7. The number of rotatable bonds is 8.